The van der Waals surface area contributed by atoms with Crippen LogP contribution in [0.15, 0.2) is 47.4 Å². The fraction of sp³-hybridized carbons (Fsp3) is 0.188. The molecule has 0 fully saturated rings. The largest absolute Gasteiger partial charge is 0.494 e. The number of carbonyl (C=O) groups excluding carboxylic acids is 1. The van der Waals surface area contributed by atoms with E-state index in [9.17, 15) is 13.2 Å². The summed E-state index contributed by atoms with van der Waals surface area (Å²) in [6.45, 7) is -0.0304. The highest BCUT2D eigenvalue weighted by atomic mass is 35.5. The predicted octanol–water partition coefficient (Wildman–Crippen LogP) is 3.21. The van der Waals surface area contributed by atoms with Crippen LogP contribution < -0.4 is 10.1 Å². The van der Waals surface area contributed by atoms with Gasteiger partial charge in [-0.1, -0.05) is 41.4 Å². The van der Waals surface area contributed by atoms with Gasteiger partial charge < -0.3 is 10.1 Å². The lowest BCUT2D eigenvalue weighted by molar-refractivity contribution is 0.0956. The zero-order chi connectivity index (χ0) is 17.7. The average molecular weight is 388 g/mol. The quantitative estimate of drug-likeness (QED) is 0.825. The van der Waals surface area contributed by atoms with Gasteiger partial charge in [-0.3, -0.25) is 4.79 Å². The van der Waals surface area contributed by atoms with Crippen LogP contribution in [0, 0.1) is 0 Å². The summed E-state index contributed by atoms with van der Waals surface area (Å²) in [7, 11) is -2.03. The fourth-order valence-electron chi connectivity index (χ4n) is 2.03. The standard InChI is InChI=1S/C16H15Cl2NO4S/c1-23-15-13(17)9-11(10-14(15)18)16(20)19-7-8-24(21,22)12-5-3-2-4-6-12/h2-6,9-10H,7-8H2,1H3,(H,19,20). The summed E-state index contributed by atoms with van der Waals surface area (Å²) in [4.78, 5) is 12.3. The van der Waals surface area contributed by atoms with Crippen LogP contribution in [0.5, 0.6) is 5.75 Å². The van der Waals surface area contributed by atoms with E-state index in [0.717, 1.165) is 0 Å². The number of nitrogens with one attached hydrogen (secondary N) is 1. The van der Waals surface area contributed by atoms with E-state index in [1.54, 1.807) is 18.2 Å². The number of halogens is 2. The lowest BCUT2D eigenvalue weighted by atomic mass is 10.2. The van der Waals surface area contributed by atoms with E-state index in [1.807, 2.05) is 0 Å². The molecule has 0 spiro atoms. The first-order valence-corrected chi connectivity index (χ1v) is 9.35. The number of hydrogen-bond acceptors (Lipinski definition) is 4. The van der Waals surface area contributed by atoms with Crippen molar-refractivity contribution in [2.45, 2.75) is 4.90 Å². The van der Waals surface area contributed by atoms with Crippen molar-refractivity contribution >= 4 is 38.9 Å². The zero-order valence-corrected chi connectivity index (χ0v) is 15.1. The van der Waals surface area contributed by atoms with Gasteiger partial charge in [0, 0.05) is 12.1 Å². The molecule has 1 N–H and O–H groups in total. The van der Waals surface area contributed by atoms with Gasteiger partial charge in [-0.2, -0.15) is 0 Å². The van der Waals surface area contributed by atoms with Crippen molar-refractivity contribution in [3.63, 3.8) is 0 Å². The highest BCUT2D eigenvalue weighted by Gasteiger charge is 2.16. The molecule has 0 atom stereocenters. The average Bonchev–Trinajstić information content (AvgIpc) is 2.55. The van der Waals surface area contributed by atoms with Crippen LogP contribution in [0.1, 0.15) is 10.4 Å². The number of rotatable bonds is 6. The fourth-order valence-corrected chi connectivity index (χ4v) is 3.85. The molecule has 1 amide bonds. The second-order valence-corrected chi connectivity index (χ2v) is 7.78. The zero-order valence-electron chi connectivity index (χ0n) is 12.8. The van der Waals surface area contributed by atoms with E-state index < -0.39 is 15.7 Å². The Morgan fingerprint density at radius 2 is 1.71 bits per heavy atom. The number of methoxy groups -OCH3 is 1. The van der Waals surface area contributed by atoms with Crippen molar-refractivity contribution < 1.29 is 17.9 Å². The summed E-state index contributed by atoms with van der Waals surface area (Å²) in [5.74, 6) is -0.397. The minimum atomic E-state index is -3.45. The molecule has 2 rings (SSSR count). The van der Waals surface area contributed by atoms with E-state index in [-0.39, 0.29) is 38.6 Å². The van der Waals surface area contributed by atoms with Crippen LogP contribution in [-0.4, -0.2) is 33.7 Å². The van der Waals surface area contributed by atoms with E-state index in [1.165, 1.54) is 31.4 Å². The summed E-state index contributed by atoms with van der Waals surface area (Å²) in [6.07, 6.45) is 0. The van der Waals surface area contributed by atoms with Crippen molar-refractivity contribution in [1.29, 1.82) is 0 Å². The summed E-state index contributed by atoms with van der Waals surface area (Å²) in [6, 6.07) is 10.9. The Hall–Kier alpha value is -1.76. The molecule has 24 heavy (non-hydrogen) atoms. The molecule has 0 saturated heterocycles. The van der Waals surface area contributed by atoms with Gasteiger partial charge >= 0.3 is 0 Å². The Morgan fingerprint density at radius 1 is 1.12 bits per heavy atom. The smallest absolute Gasteiger partial charge is 0.251 e. The van der Waals surface area contributed by atoms with Gasteiger partial charge in [-0.25, -0.2) is 8.42 Å². The second-order valence-electron chi connectivity index (χ2n) is 4.86. The molecule has 0 aliphatic carbocycles. The Balaban J connectivity index is 2.02. The van der Waals surface area contributed by atoms with Gasteiger partial charge in [0.25, 0.3) is 5.91 Å². The molecular weight excluding hydrogens is 373 g/mol. The molecular formula is C16H15Cl2NO4S. The van der Waals surface area contributed by atoms with Gasteiger partial charge in [-0.15, -0.1) is 0 Å². The highest BCUT2D eigenvalue weighted by molar-refractivity contribution is 7.91. The SMILES string of the molecule is COc1c(Cl)cc(C(=O)NCCS(=O)(=O)c2ccccc2)cc1Cl. The molecule has 0 saturated carbocycles. The third-order valence-corrected chi connectivity index (χ3v) is 5.52. The molecule has 0 aliphatic heterocycles. The molecule has 0 bridgehead atoms. The van der Waals surface area contributed by atoms with Crippen molar-refractivity contribution in [3.05, 3.63) is 58.1 Å². The molecule has 0 radical (unpaired) electrons. The number of carbonyl (C=O) groups is 1. The summed E-state index contributed by atoms with van der Waals surface area (Å²) >= 11 is 12.0. The van der Waals surface area contributed by atoms with Crippen LogP contribution in [0.4, 0.5) is 0 Å². The maximum absolute atomic E-state index is 12.1. The van der Waals surface area contributed by atoms with Crippen LogP contribution in [-0.2, 0) is 9.84 Å². The highest BCUT2D eigenvalue weighted by Crippen LogP contribution is 2.33. The summed E-state index contributed by atoms with van der Waals surface area (Å²) in [5.41, 5.74) is 0.225. The Morgan fingerprint density at radius 3 is 2.25 bits per heavy atom. The van der Waals surface area contributed by atoms with Crippen molar-refractivity contribution in [2.24, 2.45) is 0 Å². The first-order chi connectivity index (χ1) is 11.3. The third kappa shape index (κ3) is 4.41. The summed E-state index contributed by atoms with van der Waals surface area (Å²) < 4.78 is 29.3. The Bertz CT molecular complexity index is 815. The van der Waals surface area contributed by atoms with Crippen molar-refractivity contribution in [1.82, 2.24) is 5.32 Å². The first kappa shape index (κ1) is 18.6. The molecule has 0 aromatic heterocycles. The predicted molar refractivity (Wildman–Crippen MR) is 93.8 cm³/mol. The van der Waals surface area contributed by atoms with E-state index >= 15 is 0 Å². The van der Waals surface area contributed by atoms with E-state index in [0.29, 0.717) is 0 Å². The van der Waals surface area contributed by atoms with Crippen LogP contribution in [0.3, 0.4) is 0 Å². The topological polar surface area (TPSA) is 72.5 Å². The lowest BCUT2D eigenvalue weighted by Crippen LogP contribution is -2.29. The molecule has 0 heterocycles. The molecule has 0 aliphatic rings. The maximum Gasteiger partial charge on any atom is 0.251 e. The molecule has 2 aromatic carbocycles. The van der Waals surface area contributed by atoms with Gasteiger partial charge in [0.05, 0.1) is 27.8 Å². The summed E-state index contributed by atoms with van der Waals surface area (Å²) in [5, 5.41) is 2.94. The number of sulfone groups is 1. The lowest BCUT2D eigenvalue weighted by Gasteiger charge is -2.10. The molecule has 8 heteroatoms. The number of ether oxygens (including phenoxy) is 1. The maximum atomic E-state index is 12.1. The Kier molecular flexibility index (Phi) is 6.10. The van der Waals surface area contributed by atoms with Gasteiger partial charge in [0.1, 0.15) is 0 Å². The molecule has 0 unspecified atom stereocenters. The Labute approximate surface area is 150 Å². The second kappa shape index (κ2) is 7.88. The van der Waals surface area contributed by atoms with E-state index in [4.69, 9.17) is 27.9 Å². The minimum absolute atomic E-state index is 0.0304. The van der Waals surface area contributed by atoms with E-state index in [2.05, 4.69) is 5.32 Å². The molecule has 128 valence electrons. The van der Waals surface area contributed by atoms with Crippen molar-refractivity contribution in [2.75, 3.05) is 19.4 Å². The number of benzene rings is 2. The van der Waals surface area contributed by atoms with Crippen LogP contribution in [0.2, 0.25) is 10.0 Å². The number of hydrogen-bond donors (Lipinski definition) is 1. The molecule has 5 nitrogen and oxygen atoms in total. The minimum Gasteiger partial charge on any atom is -0.494 e. The molecule has 2 aromatic rings. The van der Waals surface area contributed by atoms with Gasteiger partial charge in [-0.05, 0) is 24.3 Å². The van der Waals surface area contributed by atoms with Gasteiger partial charge in [0.15, 0.2) is 15.6 Å². The first-order valence-electron chi connectivity index (χ1n) is 6.94. The third-order valence-electron chi connectivity index (χ3n) is 3.22. The van der Waals surface area contributed by atoms with Crippen molar-refractivity contribution in [3.8, 4) is 5.75 Å². The monoisotopic (exact) mass is 387 g/mol. The van der Waals surface area contributed by atoms with Gasteiger partial charge in [0.2, 0.25) is 0 Å². The van der Waals surface area contributed by atoms with Crippen LogP contribution >= 0.6 is 23.2 Å². The number of amides is 1. The normalized spacial score (nSPS) is 11.1. The van der Waals surface area contributed by atoms with Crippen LogP contribution in [0.25, 0.3) is 0 Å².